The zero-order valence-electron chi connectivity index (χ0n) is 12.2. The molecule has 0 aliphatic carbocycles. The van der Waals surface area contributed by atoms with E-state index in [-0.39, 0.29) is 24.2 Å². The quantitative estimate of drug-likeness (QED) is 0.734. The average molecular weight is 265 g/mol. The van der Waals surface area contributed by atoms with Gasteiger partial charge in [0.15, 0.2) is 0 Å². The number of halogens is 1. The summed E-state index contributed by atoms with van der Waals surface area (Å²) in [6.07, 6.45) is 3.31. The summed E-state index contributed by atoms with van der Waals surface area (Å²) < 4.78 is 13.1. The maximum Gasteiger partial charge on any atom is 0.227 e. The third-order valence-electron chi connectivity index (χ3n) is 3.44. The minimum Gasteiger partial charge on any atom is -0.340 e. The molecule has 1 aromatic rings. The molecule has 19 heavy (non-hydrogen) atoms. The van der Waals surface area contributed by atoms with Crippen LogP contribution in [0.25, 0.3) is 0 Å². The Morgan fingerprint density at radius 3 is 2.68 bits per heavy atom. The molecule has 0 N–H and O–H groups in total. The highest BCUT2D eigenvalue weighted by atomic mass is 19.1. The molecule has 1 aromatic carbocycles. The van der Waals surface area contributed by atoms with Gasteiger partial charge in [0, 0.05) is 12.6 Å². The molecule has 0 saturated heterocycles. The standard InChI is InChI=1S/C16H24FNO/c1-4-6-10-18(13(3)5-2)16(19)12-14-8-7-9-15(17)11-14/h7-9,11,13H,4-6,10,12H2,1-3H3. The number of nitrogens with zero attached hydrogens (tertiary/aromatic N) is 1. The number of hydrogen-bond acceptors (Lipinski definition) is 1. The van der Waals surface area contributed by atoms with E-state index >= 15 is 0 Å². The van der Waals surface area contributed by atoms with Crippen LogP contribution in [0.4, 0.5) is 4.39 Å². The van der Waals surface area contributed by atoms with Crippen LogP contribution < -0.4 is 0 Å². The zero-order chi connectivity index (χ0) is 14.3. The van der Waals surface area contributed by atoms with Crippen LogP contribution >= 0.6 is 0 Å². The molecule has 2 nitrogen and oxygen atoms in total. The van der Waals surface area contributed by atoms with Gasteiger partial charge in [-0.3, -0.25) is 4.79 Å². The molecule has 0 bridgehead atoms. The Hall–Kier alpha value is -1.38. The van der Waals surface area contributed by atoms with Gasteiger partial charge in [0.2, 0.25) is 5.91 Å². The molecule has 0 aliphatic rings. The third kappa shape index (κ3) is 5.01. The third-order valence-corrected chi connectivity index (χ3v) is 3.44. The molecule has 0 radical (unpaired) electrons. The van der Waals surface area contributed by atoms with E-state index in [1.54, 1.807) is 12.1 Å². The second-order valence-corrected chi connectivity index (χ2v) is 5.00. The van der Waals surface area contributed by atoms with Gasteiger partial charge in [-0.05, 0) is 37.5 Å². The van der Waals surface area contributed by atoms with Gasteiger partial charge in [-0.2, -0.15) is 0 Å². The molecule has 0 aliphatic heterocycles. The van der Waals surface area contributed by atoms with E-state index in [2.05, 4.69) is 20.8 Å². The Labute approximate surface area is 115 Å². The SMILES string of the molecule is CCCCN(C(=O)Cc1cccc(F)c1)C(C)CC. The Morgan fingerprint density at radius 1 is 1.37 bits per heavy atom. The molecule has 0 aromatic heterocycles. The van der Waals surface area contributed by atoms with E-state index in [0.29, 0.717) is 0 Å². The zero-order valence-corrected chi connectivity index (χ0v) is 12.2. The number of amides is 1. The van der Waals surface area contributed by atoms with Crippen molar-refractivity contribution in [2.45, 2.75) is 52.5 Å². The molecular weight excluding hydrogens is 241 g/mol. The number of rotatable bonds is 7. The first-order valence-electron chi connectivity index (χ1n) is 7.12. The van der Waals surface area contributed by atoms with Crippen LogP contribution in [0.5, 0.6) is 0 Å². The molecule has 0 heterocycles. The van der Waals surface area contributed by atoms with Crippen molar-refractivity contribution in [3.05, 3.63) is 35.6 Å². The van der Waals surface area contributed by atoms with Gasteiger partial charge in [0.05, 0.1) is 6.42 Å². The van der Waals surface area contributed by atoms with Crippen LogP contribution in [0.2, 0.25) is 0 Å². The number of unbranched alkanes of at least 4 members (excludes halogenated alkanes) is 1. The van der Waals surface area contributed by atoms with Crippen LogP contribution in [-0.2, 0) is 11.2 Å². The number of benzene rings is 1. The van der Waals surface area contributed by atoms with Crippen LogP contribution in [-0.4, -0.2) is 23.4 Å². The molecule has 1 rings (SSSR count). The number of carbonyl (C=O) groups excluding carboxylic acids is 1. The number of carbonyl (C=O) groups is 1. The van der Waals surface area contributed by atoms with Gasteiger partial charge in [0.1, 0.15) is 5.82 Å². The van der Waals surface area contributed by atoms with Crippen LogP contribution in [0.15, 0.2) is 24.3 Å². The molecule has 0 saturated carbocycles. The molecular formula is C16H24FNO. The summed E-state index contributed by atoms with van der Waals surface area (Å²) in [6, 6.07) is 6.53. The van der Waals surface area contributed by atoms with Crippen molar-refractivity contribution in [2.75, 3.05) is 6.54 Å². The highest BCUT2D eigenvalue weighted by molar-refractivity contribution is 5.79. The van der Waals surface area contributed by atoms with Gasteiger partial charge in [-0.15, -0.1) is 0 Å². The summed E-state index contributed by atoms with van der Waals surface area (Å²) in [7, 11) is 0. The monoisotopic (exact) mass is 265 g/mol. The lowest BCUT2D eigenvalue weighted by molar-refractivity contribution is -0.132. The first-order valence-corrected chi connectivity index (χ1v) is 7.12. The predicted octanol–water partition coefficient (Wildman–Crippen LogP) is 3.80. The average Bonchev–Trinajstić information content (AvgIpc) is 2.38. The smallest absolute Gasteiger partial charge is 0.227 e. The summed E-state index contributed by atoms with van der Waals surface area (Å²) in [6.45, 7) is 7.06. The van der Waals surface area contributed by atoms with Crippen molar-refractivity contribution in [3.8, 4) is 0 Å². The molecule has 0 fully saturated rings. The van der Waals surface area contributed by atoms with E-state index in [1.807, 2.05) is 4.90 Å². The lowest BCUT2D eigenvalue weighted by Gasteiger charge is -2.28. The van der Waals surface area contributed by atoms with E-state index in [4.69, 9.17) is 0 Å². The second-order valence-electron chi connectivity index (χ2n) is 5.00. The number of hydrogen-bond donors (Lipinski definition) is 0. The topological polar surface area (TPSA) is 20.3 Å². The normalized spacial score (nSPS) is 12.2. The fourth-order valence-corrected chi connectivity index (χ4v) is 2.06. The van der Waals surface area contributed by atoms with E-state index in [9.17, 15) is 9.18 Å². The van der Waals surface area contributed by atoms with Crippen LogP contribution in [0.3, 0.4) is 0 Å². The van der Waals surface area contributed by atoms with E-state index < -0.39 is 0 Å². The minimum absolute atomic E-state index is 0.0911. The minimum atomic E-state index is -0.283. The molecule has 1 unspecified atom stereocenters. The van der Waals surface area contributed by atoms with Gasteiger partial charge in [0.25, 0.3) is 0 Å². The van der Waals surface area contributed by atoms with Gasteiger partial charge in [-0.1, -0.05) is 32.4 Å². The summed E-state index contributed by atoms with van der Waals surface area (Å²) in [5.74, 6) is -0.192. The highest BCUT2D eigenvalue weighted by Gasteiger charge is 2.18. The van der Waals surface area contributed by atoms with Crippen LogP contribution in [0.1, 0.15) is 45.6 Å². The Kier molecular flexibility index (Phi) is 6.54. The lowest BCUT2D eigenvalue weighted by atomic mass is 10.1. The molecule has 1 atom stereocenters. The summed E-state index contributed by atoms with van der Waals surface area (Å²) in [4.78, 5) is 14.3. The lowest BCUT2D eigenvalue weighted by Crippen LogP contribution is -2.40. The van der Waals surface area contributed by atoms with Gasteiger partial charge in [-0.25, -0.2) is 4.39 Å². The van der Waals surface area contributed by atoms with Crippen molar-refractivity contribution in [2.24, 2.45) is 0 Å². The Morgan fingerprint density at radius 2 is 2.11 bits per heavy atom. The molecule has 3 heteroatoms. The van der Waals surface area contributed by atoms with Crippen molar-refractivity contribution in [1.82, 2.24) is 4.90 Å². The highest BCUT2D eigenvalue weighted by Crippen LogP contribution is 2.11. The maximum atomic E-state index is 13.1. The van der Waals surface area contributed by atoms with Crippen molar-refractivity contribution >= 4 is 5.91 Å². The molecule has 0 spiro atoms. The Balaban J connectivity index is 2.70. The molecule has 106 valence electrons. The van der Waals surface area contributed by atoms with Crippen molar-refractivity contribution < 1.29 is 9.18 Å². The Bertz CT molecular complexity index is 405. The first kappa shape index (κ1) is 15.7. The van der Waals surface area contributed by atoms with Crippen molar-refractivity contribution in [1.29, 1.82) is 0 Å². The maximum absolute atomic E-state index is 13.1. The first-order chi connectivity index (χ1) is 9.08. The molecule has 1 amide bonds. The predicted molar refractivity (Wildman–Crippen MR) is 76.5 cm³/mol. The van der Waals surface area contributed by atoms with E-state index in [0.717, 1.165) is 31.4 Å². The summed E-state index contributed by atoms with van der Waals surface area (Å²) in [5, 5.41) is 0. The summed E-state index contributed by atoms with van der Waals surface area (Å²) >= 11 is 0. The summed E-state index contributed by atoms with van der Waals surface area (Å²) in [5.41, 5.74) is 0.745. The van der Waals surface area contributed by atoms with Gasteiger partial charge < -0.3 is 4.90 Å². The second kappa shape index (κ2) is 7.93. The largest absolute Gasteiger partial charge is 0.340 e. The fraction of sp³-hybridized carbons (Fsp3) is 0.562. The van der Waals surface area contributed by atoms with Crippen LogP contribution in [0, 0.1) is 5.82 Å². The van der Waals surface area contributed by atoms with Gasteiger partial charge >= 0.3 is 0 Å². The van der Waals surface area contributed by atoms with E-state index in [1.165, 1.54) is 12.1 Å². The van der Waals surface area contributed by atoms with Crippen molar-refractivity contribution in [3.63, 3.8) is 0 Å². The fourth-order valence-electron chi connectivity index (χ4n) is 2.06.